The van der Waals surface area contributed by atoms with Crippen molar-refractivity contribution in [3.8, 4) is 29.5 Å². The molecular weight excluding hydrogens is 891 g/mol. The molecule has 0 fully saturated rings. The predicted octanol–water partition coefficient (Wildman–Crippen LogP) is 19.9. The fraction of sp³-hybridized carbons (Fsp3) is 0.552. The van der Waals surface area contributed by atoms with E-state index in [0.717, 1.165) is 85.4 Å². The maximum absolute atomic E-state index is 14.9. The molecule has 66 heavy (non-hydrogen) atoms. The minimum atomic E-state index is -0.339. The summed E-state index contributed by atoms with van der Waals surface area (Å²) in [5.41, 5.74) is 6.65. The summed E-state index contributed by atoms with van der Waals surface area (Å²) in [5.74, 6) is -0.356. The van der Waals surface area contributed by atoms with E-state index in [2.05, 4.69) is 79.7 Å². The number of rotatable bonds is 29. The minimum absolute atomic E-state index is 0.177. The van der Waals surface area contributed by atoms with Crippen molar-refractivity contribution in [1.82, 2.24) is 9.97 Å². The zero-order chi connectivity index (χ0) is 47.1. The van der Waals surface area contributed by atoms with Gasteiger partial charge in [0.15, 0.2) is 0 Å². The lowest BCUT2D eigenvalue weighted by Crippen LogP contribution is -2.23. The Morgan fingerprint density at radius 2 is 0.924 bits per heavy atom. The number of thiophene rings is 2. The van der Waals surface area contributed by atoms with Gasteiger partial charge < -0.3 is 0 Å². The van der Waals surface area contributed by atoms with Crippen LogP contribution >= 0.6 is 45.3 Å². The van der Waals surface area contributed by atoms with Gasteiger partial charge in [0, 0.05) is 25.5 Å². The van der Waals surface area contributed by atoms with Gasteiger partial charge in [-0.3, -0.25) is 0 Å². The Morgan fingerprint density at radius 1 is 0.455 bits per heavy atom. The number of nitrogens with zero attached hydrogens (tertiary/aromatic N) is 2. The van der Waals surface area contributed by atoms with E-state index in [1.165, 1.54) is 129 Å². The smallest absolute Gasteiger partial charge is 0.134 e. The molecule has 0 saturated heterocycles. The summed E-state index contributed by atoms with van der Waals surface area (Å²) in [6.45, 7) is 18.2. The summed E-state index contributed by atoms with van der Waals surface area (Å²) in [6, 6.07) is 19.5. The van der Waals surface area contributed by atoms with E-state index in [1.54, 1.807) is 24.3 Å². The third-order valence-corrected chi connectivity index (χ3v) is 19.7. The van der Waals surface area contributed by atoms with Crippen LogP contribution in [0, 0.1) is 11.6 Å². The van der Waals surface area contributed by atoms with Gasteiger partial charge in [0.05, 0.1) is 26.0 Å². The van der Waals surface area contributed by atoms with Crippen LogP contribution in [-0.2, 0) is 36.5 Å². The van der Waals surface area contributed by atoms with Crippen molar-refractivity contribution in [3.05, 3.63) is 116 Å². The van der Waals surface area contributed by atoms with Crippen LogP contribution in [0.1, 0.15) is 214 Å². The molecule has 6 aromatic rings. The Kier molecular flexibility index (Phi) is 20.2. The topological polar surface area (TPSA) is 25.8 Å². The maximum atomic E-state index is 14.9. The van der Waals surface area contributed by atoms with Crippen LogP contribution in [0.5, 0.6) is 0 Å². The van der Waals surface area contributed by atoms with E-state index >= 15 is 0 Å². The highest BCUT2D eigenvalue weighted by atomic mass is 32.1. The highest BCUT2D eigenvalue weighted by Crippen LogP contribution is 2.51. The van der Waals surface area contributed by atoms with E-state index in [0.29, 0.717) is 0 Å². The highest BCUT2D eigenvalue weighted by molar-refractivity contribution is 7.28. The van der Waals surface area contributed by atoms with E-state index in [9.17, 15) is 8.78 Å². The van der Waals surface area contributed by atoms with Crippen molar-refractivity contribution in [2.24, 2.45) is 0 Å². The van der Waals surface area contributed by atoms with Crippen LogP contribution in [0.15, 0.2) is 60.7 Å². The molecule has 2 nitrogen and oxygen atoms in total. The molecule has 0 amide bonds. The normalized spacial score (nSPS) is 13.7. The Bertz CT molecular complexity index is 2400. The van der Waals surface area contributed by atoms with Crippen LogP contribution in [0.4, 0.5) is 8.78 Å². The molecule has 0 bridgehead atoms. The maximum Gasteiger partial charge on any atom is 0.134 e. The number of hydrogen-bond donors (Lipinski definition) is 0. The average Bonchev–Trinajstić information content (AvgIpc) is 4.14. The Hall–Kier alpha value is -3.04. The van der Waals surface area contributed by atoms with Crippen molar-refractivity contribution in [3.63, 3.8) is 0 Å². The number of aromatic nitrogens is 2. The van der Waals surface area contributed by atoms with Crippen molar-refractivity contribution in [2.45, 2.75) is 207 Å². The van der Waals surface area contributed by atoms with Crippen molar-refractivity contribution in [2.75, 3.05) is 0 Å². The largest absolute Gasteiger partial charge is 0.240 e. The van der Waals surface area contributed by atoms with E-state index in [1.807, 2.05) is 57.5 Å². The van der Waals surface area contributed by atoms with Crippen LogP contribution in [0.3, 0.4) is 0 Å². The van der Waals surface area contributed by atoms with Gasteiger partial charge in [0.1, 0.15) is 21.6 Å². The summed E-state index contributed by atoms with van der Waals surface area (Å²) in [5, 5.41) is 2.25. The number of aryl methyl sites for hydroxylation is 4. The van der Waals surface area contributed by atoms with Gasteiger partial charge in [0.25, 0.3) is 0 Å². The lowest BCUT2D eigenvalue weighted by atomic mass is 9.77. The predicted molar refractivity (Wildman–Crippen MR) is 288 cm³/mol. The first kappa shape index (κ1) is 52.3. The third kappa shape index (κ3) is 12.8. The van der Waals surface area contributed by atoms with Crippen LogP contribution in [0.2, 0.25) is 0 Å². The number of benzene rings is 2. The summed E-state index contributed by atoms with van der Waals surface area (Å²) in [4.78, 5) is 19.1. The zero-order valence-electron chi connectivity index (χ0n) is 41.6. The number of hydrogen-bond acceptors (Lipinski definition) is 6. The molecular formula is C58H78F2N2S4. The second kappa shape index (κ2) is 25.5. The van der Waals surface area contributed by atoms with Gasteiger partial charge in [-0.2, -0.15) is 0 Å². The fourth-order valence-electron chi connectivity index (χ4n) is 9.44. The molecule has 8 heteroatoms. The fourth-order valence-corrected chi connectivity index (χ4v) is 14.9. The first-order valence-electron chi connectivity index (χ1n) is 25.8. The molecule has 0 spiro atoms. The van der Waals surface area contributed by atoms with Crippen molar-refractivity contribution < 1.29 is 8.78 Å². The zero-order valence-corrected chi connectivity index (χ0v) is 44.9. The van der Waals surface area contributed by atoms with Crippen LogP contribution in [-0.4, -0.2) is 9.97 Å². The second-order valence-electron chi connectivity index (χ2n) is 19.2. The summed E-state index contributed by atoms with van der Waals surface area (Å²) >= 11 is 7.58. The average molecular weight is 970 g/mol. The van der Waals surface area contributed by atoms with E-state index in [4.69, 9.17) is 9.97 Å². The number of halogens is 2. The van der Waals surface area contributed by atoms with Gasteiger partial charge in [-0.05, 0) is 123 Å². The molecule has 4 heterocycles. The summed E-state index contributed by atoms with van der Waals surface area (Å²) < 4.78 is 29.7. The van der Waals surface area contributed by atoms with Gasteiger partial charge in [-0.15, -0.1) is 45.3 Å². The quantitative estimate of drug-likeness (QED) is 0.0438. The molecule has 2 aromatic carbocycles. The molecule has 0 aliphatic carbocycles. The molecule has 0 N–H and O–H groups in total. The first-order chi connectivity index (χ1) is 32.0. The lowest BCUT2D eigenvalue weighted by molar-refractivity contribution is 0.541. The molecule has 0 saturated carbocycles. The SMILES string of the molecule is CCCCCCc1cc(-c2sc(-c3sc(C(C)(CC)c4cccc(F)c4)cc3CCCCCC)nc2CCCCCC)sc1-c1nc(CCCCCC)c(C(C)(CC)c2cccc(F)c2)s1. The molecule has 6 rings (SSSR count). The lowest BCUT2D eigenvalue weighted by Gasteiger charge is -2.29. The monoisotopic (exact) mass is 969 g/mol. The number of thiazole rings is 2. The molecule has 0 radical (unpaired) electrons. The standard InChI is InChI=1S/C58H78F2N2S4/c1-9-15-19-23-29-41-37-49(63-51(41)56-62-48(36-26-22-18-12-4)54(66-56)58(8,14-6)44-32-28-34-46(60)40-44)53-47(35-25-21-17-11-3)61-55(65-53)52-42(30-24-20-16-10-2)38-50(64-52)57(7,13-5)43-31-27-33-45(59)39-43/h27-28,31-34,37-40H,9-26,29-30,35-36H2,1-8H3. The van der Waals surface area contributed by atoms with E-state index < -0.39 is 0 Å². The Balaban J connectivity index is 1.50. The van der Waals surface area contributed by atoms with Crippen molar-refractivity contribution >= 4 is 45.3 Å². The molecule has 358 valence electrons. The summed E-state index contributed by atoms with van der Waals surface area (Å²) in [7, 11) is 0. The van der Waals surface area contributed by atoms with E-state index in [-0.39, 0.29) is 22.5 Å². The van der Waals surface area contributed by atoms with Gasteiger partial charge >= 0.3 is 0 Å². The molecule has 0 aliphatic rings. The Labute approximate surface area is 414 Å². The van der Waals surface area contributed by atoms with Crippen LogP contribution in [0.25, 0.3) is 29.5 Å². The molecule has 2 atom stereocenters. The number of unbranched alkanes of at least 4 members (excludes halogenated alkanes) is 12. The van der Waals surface area contributed by atoms with Gasteiger partial charge in [-0.1, -0.05) is 157 Å². The molecule has 0 aliphatic heterocycles. The second-order valence-corrected chi connectivity index (χ2v) is 23.3. The van der Waals surface area contributed by atoms with Gasteiger partial charge in [0.2, 0.25) is 0 Å². The molecule has 2 unspecified atom stereocenters. The first-order valence-corrected chi connectivity index (χ1v) is 29.1. The third-order valence-electron chi connectivity index (χ3n) is 14.1. The van der Waals surface area contributed by atoms with Gasteiger partial charge in [-0.25, -0.2) is 18.7 Å². The van der Waals surface area contributed by atoms with Crippen molar-refractivity contribution in [1.29, 1.82) is 0 Å². The minimum Gasteiger partial charge on any atom is -0.240 e. The highest BCUT2D eigenvalue weighted by Gasteiger charge is 2.35. The summed E-state index contributed by atoms with van der Waals surface area (Å²) in [6.07, 6.45) is 24.9. The Morgan fingerprint density at radius 3 is 1.45 bits per heavy atom. The van der Waals surface area contributed by atoms with Crippen LogP contribution < -0.4 is 0 Å². The molecule has 4 aromatic heterocycles.